The lowest BCUT2D eigenvalue weighted by molar-refractivity contribution is -0.149. The molecule has 9 heteroatoms. The summed E-state index contributed by atoms with van der Waals surface area (Å²) in [6.07, 6.45) is 3.25. The van der Waals surface area contributed by atoms with E-state index in [1.54, 1.807) is 23.5 Å². The van der Waals surface area contributed by atoms with Gasteiger partial charge in [-0.2, -0.15) is 11.8 Å². The van der Waals surface area contributed by atoms with Crippen molar-refractivity contribution in [3.63, 3.8) is 0 Å². The van der Waals surface area contributed by atoms with E-state index in [1.165, 1.54) is 5.56 Å². The molecular formula is C33H43N3O4S2. The summed E-state index contributed by atoms with van der Waals surface area (Å²) in [4.78, 5) is 38.5. The van der Waals surface area contributed by atoms with Crippen molar-refractivity contribution in [2.75, 3.05) is 30.9 Å². The molecule has 226 valence electrons. The third-order valence-electron chi connectivity index (χ3n) is 7.14. The van der Waals surface area contributed by atoms with E-state index < -0.39 is 12.0 Å². The Labute approximate surface area is 258 Å². The van der Waals surface area contributed by atoms with Crippen LogP contribution in [0.3, 0.4) is 0 Å². The number of fused-ring (bicyclic) bond motifs is 1. The van der Waals surface area contributed by atoms with Crippen molar-refractivity contribution < 1.29 is 19.1 Å². The van der Waals surface area contributed by atoms with E-state index in [1.807, 2.05) is 74.7 Å². The number of amides is 2. The van der Waals surface area contributed by atoms with Gasteiger partial charge in [-0.15, -0.1) is 11.8 Å². The van der Waals surface area contributed by atoms with E-state index in [-0.39, 0.29) is 36.9 Å². The Kier molecular flexibility index (Phi) is 14.8. The van der Waals surface area contributed by atoms with Crippen LogP contribution in [0.15, 0.2) is 72.8 Å². The number of ether oxygens (including phenoxy) is 1. The number of hydrogen-bond acceptors (Lipinski definition) is 7. The van der Waals surface area contributed by atoms with Gasteiger partial charge in [-0.25, -0.2) is 4.79 Å². The molecule has 3 aromatic rings. The summed E-state index contributed by atoms with van der Waals surface area (Å²) in [5.41, 5.74) is 2.28. The quantitative estimate of drug-likeness (QED) is 0.171. The molecule has 3 aromatic carbocycles. The molecule has 0 heterocycles. The molecule has 3 atom stereocenters. The summed E-state index contributed by atoms with van der Waals surface area (Å²) >= 11 is 3.15. The molecular weight excluding hydrogens is 567 g/mol. The minimum Gasteiger partial charge on any atom is -0.462 e. The second-order valence-corrected chi connectivity index (χ2v) is 12.3. The highest BCUT2D eigenvalue weighted by Crippen LogP contribution is 2.18. The first-order chi connectivity index (χ1) is 20.4. The lowest BCUT2D eigenvalue weighted by Crippen LogP contribution is -2.48. The smallest absolute Gasteiger partial charge is 0.328 e. The number of thioether (sulfide) groups is 2. The number of carbonyl (C=O) groups excluding carboxylic acids is 3. The third-order valence-corrected chi connectivity index (χ3v) is 8.79. The van der Waals surface area contributed by atoms with Gasteiger partial charge in [-0.05, 0) is 46.2 Å². The second-order valence-electron chi connectivity index (χ2n) is 10.3. The molecule has 0 saturated heterocycles. The number of carbonyl (C=O) groups is 3. The molecule has 2 amide bonds. The molecule has 0 radical (unpaired) electrons. The van der Waals surface area contributed by atoms with Crippen LogP contribution < -0.4 is 16.0 Å². The fraction of sp³-hybridized carbons (Fsp3) is 0.424. The van der Waals surface area contributed by atoms with Crippen molar-refractivity contribution in [3.05, 3.63) is 83.9 Å². The summed E-state index contributed by atoms with van der Waals surface area (Å²) in [7, 11) is 0. The Hall–Kier alpha value is -3.01. The number of rotatable bonds is 18. The lowest BCUT2D eigenvalue weighted by atomic mass is 10.00. The maximum Gasteiger partial charge on any atom is 0.328 e. The van der Waals surface area contributed by atoms with Gasteiger partial charge in [0.05, 0.1) is 18.3 Å². The minimum absolute atomic E-state index is 0.0634. The fourth-order valence-corrected chi connectivity index (χ4v) is 5.75. The zero-order valence-electron chi connectivity index (χ0n) is 24.8. The van der Waals surface area contributed by atoms with Crippen molar-refractivity contribution >= 4 is 52.1 Å². The van der Waals surface area contributed by atoms with Crippen LogP contribution in [0, 0.1) is 5.92 Å². The SMILES string of the molecule is CC[C@H](C)[C@@H](COC(=O)[C@H](CCSC)NC(=O)CNCc1cccc2ccccc12)NC(=O)CSCc1ccccc1. The van der Waals surface area contributed by atoms with Gasteiger partial charge in [0.1, 0.15) is 12.6 Å². The monoisotopic (exact) mass is 609 g/mol. The van der Waals surface area contributed by atoms with Crippen molar-refractivity contribution in [1.29, 1.82) is 0 Å². The van der Waals surface area contributed by atoms with Gasteiger partial charge in [0.2, 0.25) is 11.8 Å². The van der Waals surface area contributed by atoms with Crippen LogP contribution in [0.25, 0.3) is 10.8 Å². The highest BCUT2D eigenvalue weighted by molar-refractivity contribution is 7.99. The van der Waals surface area contributed by atoms with Gasteiger partial charge >= 0.3 is 5.97 Å². The van der Waals surface area contributed by atoms with Gasteiger partial charge in [0.25, 0.3) is 0 Å². The van der Waals surface area contributed by atoms with Crippen molar-refractivity contribution in [2.45, 2.75) is 51.1 Å². The number of esters is 1. The predicted molar refractivity (Wildman–Crippen MR) is 176 cm³/mol. The maximum absolute atomic E-state index is 13.1. The van der Waals surface area contributed by atoms with Crippen molar-refractivity contribution in [2.24, 2.45) is 5.92 Å². The first-order valence-corrected chi connectivity index (χ1v) is 17.0. The number of nitrogens with one attached hydrogen (secondary N) is 3. The summed E-state index contributed by atoms with van der Waals surface area (Å²) in [5.74, 6) is 1.08. The second kappa shape index (κ2) is 18.5. The molecule has 0 fully saturated rings. The molecule has 0 spiro atoms. The first-order valence-electron chi connectivity index (χ1n) is 14.4. The molecule has 0 aliphatic heterocycles. The fourth-order valence-electron chi connectivity index (χ4n) is 4.48. The van der Waals surface area contributed by atoms with Gasteiger partial charge in [-0.3, -0.25) is 9.59 Å². The molecule has 7 nitrogen and oxygen atoms in total. The van der Waals surface area contributed by atoms with Crippen LogP contribution in [0.2, 0.25) is 0 Å². The van der Waals surface area contributed by atoms with Crippen LogP contribution in [-0.4, -0.2) is 60.8 Å². The Morgan fingerprint density at radius 3 is 2.40 bits per heavy atom. The topological polar surface area (TPSA) is 96.5 Å². The van der Waals surface area contributed by atoms with Gasteiger partial charge < -0.3 is 20.7 Å². The Bertz CT molecular complexity index is 1270. The van der Waals surface area contributed by atoms with Crippen molar-refractivity contribution in [1.82, 2.24) is 16.0 Å². The van der Waals surface area contributed by atoms with Crippen LogP contribution >= 0.6 is 23.5 Å². The van der Waals surface area contributed by atoms with Crippen LogP contribution in [0.5, 0.6) is 0 Å². The van der Waals surface area contributed by atoms with Crippen molar-refractivity contribution in [3.8, 4) is 0 Å². The van der Waals surface area contributed by atoms with Gasteiger partial charge in [0.15, 0.2) is 0 Å². The number of hydrogen-bond donors (Lipinski definition) is 3. The third kappa shape index (κ3) is 11.3. The molecule has 0 saturated carbocycles. The molecule has 0 aliphatic carbocycles. The Morgan fingerprint density at radius 2 is 1.64 bits per heavy atom. The lowest BCUT2D eigenvalue weighted by Gasteiger charge is -2.25. The van der Waals surface area contributed by atoms with Gasteiger partial charge in [-0.1, -0.05) is 93.1 Å². The molecule has 42 heavy (non-hydrogen) atoms. The average molecular weight is 610 g/mol. The van der Waals surface area contributed by atoms with Gasteiger partial charge in [0, 0.05) is 12.3 Å². The summed E-state index contributed by atoms with van der Waals surface area (Å²) in [6, 6.07) is 23.2. The zero-order chi connectivity index (χ0) is 30.2. The highest BCUT2D eigenvalue weighted by atomic mass is 32.2. The van der Waals surface area contributed by atoms with E-state index in [9.17, 15) is 14.4 Å². The van der Waals surface area contributed by atoms with E-state index in [2.05, 4.69) is 34.1 Å². The first kappa shape index (κ1) is 33.5. The molecule has 0 aliphatic rings. The zero-order valence-corrected chi connectivity index (χ0v) is 26.4. The highest BCUT2D eigenvalue weighted by Gasteiger charge is 2.25. The molecule has 0 unspecified atom stereocenters. The summed E-state index contributed by atoms with van der Waals surface area (Å²) < 4.78 is 5.68. The molecule has 0 bridgehead atoms. The summed E-state index contributed by atoms with van der Waals surface area (Å²) in [6.45, 7) is 4.76. The Morgan fingerprint density at radius 1 is 0.905 bits per heavy atom. The van der Waals surface area contributed by atoms with Crippen LogP contribution in [0.1, 0.15) is 37.8 Å². The average Bonchev–Trinajstić information content (AvgIpc) is 3.01. The number of benzene rings is 3. The van der Waals surface area contributed by atoms with Crippen LogP contribution in [0.4, 0.5) is 0 Å². The predicted octanol–water partition coefficient (Wildman–Crippen LogP) is 5.17. The van der Waals surface area contributed by atoms with E-state index >= 15 is 0 Å². The summed E-state index contributed by atoms with van der Waals surface area (Å²) in [5, 5.41) is 11.4. The van der Waals surface area contributed by atoms with E-state index in [0.717, 1.165) is 28.5 Å². The largest absolute Gasteiger partial charge is 0.462 e. The maximum atomic E-state index is 13.1. The van der Waals surface area contributed by atoms with Crippen LogP contribution in [-0.2, 0) is 31.4 Å². The minimum atomic E-state index is -0.751. The van der Waals surface area contributed by atoms with E-state index in [0.29, 0.717) is 24.5 Å². The molecule has 3 rings (SSSR count). The van der Waals surface area contributed by atoms with E-state index in [4.69, 9.17) is 4.74 Å². The molecule has 0 aromatic heterocycles. The molecule has 3 N–H and O–H groups in total. The normalized spacial score (nSPS) is 13.2. The Balaban J connectivity index is 1.48. The standard InChI is InChI=1S/C33H43N3O4S2/c1-4-24(2)30(36-32(38)23-42-22-25-11-6-5-7-12-25)21-40-33(39)29(17-18-41-3)35-31(37)20-34-19-27-15-10-14-26-13-8-9-16-28(26)27/h5-16,24,29-30,34H,4,17-23H2,1-3H3,(H,35,37)(H,36,38)/t24-,29-,30+/m0/s1.